The molecule has 0 bridgehead atoms. The van der Waals surface area contributed by atoms with Crippen LogP contribution >= 0.6 is 0 Å². The van der Waals surface area contributed by atoms with Crippen molar-refractivity contribution in [3.8, 4) is 0 Å². The Morgan fingerprint density at radius 2 is 1.16 bits per heavy atom. The van der Waals surface area contributed by atoms with Crippen molar-refractivity contribution < 1.29 is 45.6 Å². The van der Waals surface area contributed by atoms with Crippen molar-refractivity contribution in [2.75, 3.05) is 34.2 Å². The van der Waals surface area contributed by atoms with E-state index in [2.05, 4.69) is 85.4 Å². The average Bonchev–Trinajstić information content (AvgIpc) is 2.44. The summed E-state index contributed by atoms with van der Waals surface area (Å²) in [5.41, 5.74) is 0. The topological polar surface area (TPSA) is 56.8 Å². The summed E-state index contributed by atoms with van der Waals surface area (Å²) in [6.45, 7) is 21.7. The van der Waals surface area contributed by atoms with Crippen molar-refractivity contribution in [2.24, 2.45) is 0 Å². The van der Waals surface area contributed by atoms with Crippen LogP contribution in [0, 0.1) is 0 Å². The lowest BCUT2D eigenvalue weighted by atomic mass is 10.2. The molecule has 1 amide bonds. The molecule has 0 aliphatic heterocycles. The monoisotopic (exact) mass is 636 g/mol. The molecule has 11 heteroatoms. The van der Waals surface area contributed by atoms with Crippen LogP contribution in [0.1, 0.15) is 32.1 Å². The second-order valence-corrected chi connectivity index (χ2v) is 29.6. The molecule has 0 atom stereocenters. The van der Waals surface area contributed by atoms with Crippen LogP contribution in [0.4, 0.5) is 0 Å². The molecule has 0 unspecified atom stereocenters. The third kappa shape index (κ3) is 21.4. The summed E-state index contributed by atoms with van der Waals surface area (Å²) in [4.78, 5) is 12.2. The first-order chi connectivity index (χ1) is 13.7. The third-order valence-electron chi connectivity index (χ3n) is 4.10. The van der Waals surface area contributed by atoms with Crippen molar-refractivity contribution in [1.29, 1.82) is 0 Å². The van der Waals surface area contributed by atoms with Crippen LogP contribution in [0.25, 0.3) is 0 Å². The van der Waals surface area contributed by atoms with Crippen molar-refractivity contribution in [3.63, 3.8) is 0 Å². The largest absolute Gasteiger partial charge is 1.00 e. The zero-order valence-electron chi connectivity index (χ0n) is 23.1. The lowest BCUT2D eigenvalue weighted by molar-refractivity contribution is -0.870. The van der Waals surface area contributed by atoms with Gasteiger partial charge in [-0.2, -0.15) is 0 Å². The van der Waals surface area contributed by atoms with E-state index in [9.17, 15) is 4.79 Å². The fourth-order valence-corrected chi connectivity index (χ4v) is 17.9. The summed E-state index contributed by atoms with van der Waals surface area (Å²) in [5, 5.41) is 3.10. The number of nitrogens with zero attached hydrogens (tertiary/aromatic N) is 1. The molecule has 32 heavy (non-hydrogen) atoms. The Morgan fingerprint density at radius 3 is 1.53 bits per heavy atom. The molecule has 194 valence electrons. The molecule has 0 rings (SSSR count). The van der Waals surface area contributed by atoms with Crippen LogP contribution in [0.15, 0.2) is 0 Å². The smallest absolute Gasteiger partial charge is 0.469 e. The Bertz CT molecular complexity index is 501. The molecule has 6 nitrogen and oxygen atoms in total. The minimum absolute atomic E-state index is 0. The van der Waals surface area contributed by atoms with Crippen molar-refractivity contribution in [2.45, 2.75) is 97.1 Å². The molecule has 0 saturated heterocycles. The molecule has 0 aliphatic rings. The molecule has 0 saturated carbocycles. The SMILES string of the molecule is C[N+](C)(C)CCCCCC(=O)NCCC[Si](O[Si](C)(C)C)(O[Si](C)(C)C)O[Si](C)(C)C.[I-]. The molecule has 0 radical (unpaired) electrons. The quantitative estimate of drug-likeness (QED) is 0.122. The van der Waals surface area contributed by atoms with E-state index in [1.54, 1.807) is 0 Å². The number of nitrogens with one attached hydrogen (secondary N) is 1. The first kappa shape index (κ1) is 35.1. The maximum Gasteiger partial charge on any atom is 0.469 e. The normalized spacial score (nSPS) is 13.6. The summed E-state index contributed by atoms with van der Waals surface area (Å²) in [6, 6.07) is 0.773. The number of hydrogen-bond acceptors (Lipinski definition) is 4. The van der Waals surface area contributed by atoms with Gasteiger partial charge >= 0.3 is 8.80 Å². The summed E-state index contributed by atoms with van der Waals surface area (Å²) in [6.07, 6.45) is 4.68. The third-order valence-corrected chi connectivity index (χ3v) is 16.1. The second-order valence-electron chi connectivity index (χ2n) is 12.6. The summed E-state index contributed by atoms with van der Waals surface area (Å²) in [5.74, 6) is 0.154. The maximum absolute atomic E-state index is 12.2. The number of amides is 1. The van der Waals surface area contributed by atoms with Crippen LogP contribution in [-0.2, 0) is 17.1 Å². The van der Waals surface area contributed by atoms with Crippen LogP contribution < -0.4 is 29.3 Å². The van der Waals surface area contributed by atoms with Crippen LogP contribution in [0.2, 0.25) is 65.0 Å². The van der Waals surface area contributed by atoms with E-state index < -0.39 is 33.8 Å². The van der Waals surface area contributed by atoms with Gasteiger partial charge in [-0.3, -0.25) is 4.79 Å². The fraction of sp³-hybridized carbons (Fsp3) is 0.952. The maximum atomic E-state index is 12.2. The van der Waals surface area contributed by atoms with Crippen LogP contribution in [-0.4, -0.2) is 78.4 Å². The highest BCUT2D eigenvalue weighted by Gasteiger charge is 2.49. The van der Waals surface area contributed by atoms with Crippen molar-refractivity contribution >= 4 is 39.7 Å². The van der Waals surface area contributed by atoms with E-state index >= 15 is 0 Å². The summed E-state index contributed by atoms with van der Waals surface area (Å²) in [7, 11) is -1.71. The van der Waals surface area contributed by atoms with Gasteiger partial charge in [-0.05, 0) is 84.6 Å². The molecular weight excluding hydrogens is 583 g/mol. The van der Waals surface area contributed by atoms with E-state index in [-0.39, 0.29) is 29.9 Å². The molecule has 0 aromatic heterocycles. The lowest BCUT2D eigenvalue weighted by Gasteiger charge is -2.43. The van der Waals surface area contributed by atoms with Crippen LogP contribution in [0.5, 0.6) is 0 Å². The first-order valence-corrected chi connectivity index (χ1v) is 24.1. The van der Waals surface area contributed by atoms with Gasteiger partial charge in [0, 0.05) is 19.0 Å². The predicted octanol–water partition coefficient (Wildman–Crippen LogP) is 2.26. The van der Waals surface area contributed by atoms with Gasteiger partial charge in [0.25, 0.3) is 0 Å². The van der Waals surface area contributed by atoms with E-state index in [0.717, 1.165) is 36.3 Å². The number of unbranched alkanes of at least 4 members (excludes halogenated alkanes) is 2. The molecule has 0 aromatic rings. The Morgan fingerprint density at radius 1 is 0.719 bits per heavy atom. The highest BCUT2D eigenvalue weighted by atomic mass is 127. The van der Waals surface area contributed by atoms with Crippen molar-refractivity contribution in [3.05, 3.63) is 0 Å². The number of hydrogen-bond donors (Lipinski definition) is 1. The van der Waals surface area contributed by atoms with Gasteiger partial charge in [0.2, 0.25) is 5.91 Å². The van der Waals surface area contributed by atoms with Gasteiger partial charge in [0.05, 0.1) is 27.7 Å². The molecule has 0 fully saturated rings. The van der Waals surface area contributed by atoms with Gasteiger partial charge in [-0.25, -0.2) is 0 Å². The molecule has 0 aromatic carbocycles. The van der Waals surface area contributed by atoms with E-state index in [1.807, 2.05) is 0 Å². The molecule has 0 aliphatic carbocycles. The van der Waals surface area contributed by atoms with E-state index in [1.165, 1.54) is 6.42 Å². The van der Waals surface area contributed by atoms with Gasteiger partial charge in [0.15, 0.2) is 25.0 Å². The van der Waals surface area contributed by atoms with Crippen molar-refractivity contribution in [1.82, 2.24) is 5.32 Å². The fourth-order valence-electron chi connectivity index (χ4n) is 3.28. The van der Waals surface area contributed by atoms with Crippen LogP contribution in [0.3, 0.4) is 0 Å². The summed E-state index contributed by atoms with van der Waals surface area (Å²) < 4.78 is 21.1. The zero-order valence-corrected chi connectivity index (χ0v) is 29.3. The van der Waals surface area contributed by atoms with E-state index in [4.69, 9.17) is 12.3 Å². The Hall–Kier alpha value is 0.908. The first-order valence-electron chi connectivity index (χ1n) is 11.9. The molecule has 0 heterocycles. The Kier molecular flexibility index (Phi) is 15.9. The minimum Gasteiger partial charge on any atom is -1.00 e. The highest BCUT2D eigenvalue weighted by molar-refractivity contribution is 6.90. The number of rotatable bonds is 16. The van der Waals surface area contributed by atoms with Gasteiger partial charge in [-0.15, -0.1) is 0 Å². The highest BCUT2D eigenvalue weighted by Crippen LogP contribution is 2.29. The summed E-state index contributed by atoms with van der Waals surface area (Å²) >= 11 is 0. The molecule has 1 N–H and O–H groups in total. The average molecular weight is 637 g/mol. The number of halogens is 1. The minimum atomic E-state index is -2.80. The molecular formula is C21H53IN2O4Si4. The Balaban J connectivity index is 0. The molecule has 0 spiro atoms. The number of carbonyl (C=O) groups excluding carboxylic acids is 1. The number of carbonyl (C=O) groups is 1. The predicted molar refractivity (Wildman–Crippen MR) is 143 cm³/mol. The van der Waals surface area contributed by atoms with E-state index in [0.29, 0.717) is 13.0 Å². The second kappa shape index (κ2) is 14.5. The van der Waals surface area contributed by atoms with Gasteiger partial charge < -0.3 is 46.1 Å². The van der Waals surface area contributed by atoms with Gasteiger partial charge in [-0.1, -0.05) is 0 Å². The van der Waals surface area contributed by atoms with Gasteiger partial charge in [0.1, 0.15) is 0 Å². The Labute approximate surface area is 220 Å². The number of quaternary nitrogens is 1. The lowest BCUT2D eigenvalue weighted by Crippen LogP contribution is -3.00. The standard InChI is InChI=1S/C21H52N2O4Si4.HI/c1-23(2,3)19-15-13-14-17-21(24)22-18-16-20-31(25-28(4,5)6,26-29(7,8)9)27-30(10,11)12;/h13-20H2,1-12H3;1H. The zero-order chi connectivity index (χ0) is 24.6.